The number of anilines is 1. The molecule has 178 valence electrons. The van der Waals surface area contributed by atoms with Crippen molar-refractivity contribution in [2.75, 3.05) is 38.2 Å². The van der Waals surface area contributed by atoms with Crippen molar-refractivity contribution in [3.8, 4) is 0 Å². The van der Waals surface area contributed by atoms with Gasteiger partial charge in [-0.1, -0.05) is 19.1 Å². The zero-order valence-corrected chi connectivity index (χ0v) is 19.8. The van der Waals surface area contributed by atoms with Gasteiger partial charge in [-0.15, -0.1) is 0 Å². The summed E-state index contributed by atoms with van der Waals surface area (Å²) in [5.74, 6) is 1.02. The van der Waals surface area contributed by atoms with E-state index in [1.165, 1.54) is 12.8 Å². The number of hydrogen-bond donors (Lipinski definition) is 2. The molecule has 0 spiro atoms. The number of hydrogen-bond acceptors (Lipinski definition) is 4. The molecule has 1 unspecified atom stereocenters. The van der Waals surface area contributed by atoms with Crippen molar-refractivity contribution in [3.05, 3.63) is 29.8 Å². The van der Waals surface area contributed by atoms with Gasteiger partial charge in [0, 0.05) is 38.3 Å². The van der Waals surface area contributed by atoms with Gasteiger partial charge < -0.3 is 25.0 Å². The highest BCUT2D eigenvalue weighted by Crippen LogP contribution is 2.18. The van der Waals surface area contributed by atoms with E-state index in [0.29, 0.717) is 19.1 Å². The van der Waals surface area contributed by atoms with E-state index < -0.39 is 0 Å². The molecule has 2 saturated heterocycles. The maximum Gasteiger partial charge on any atom is 0.224 e. The molecule has 0 aliphatic carbocycles. The summed E-state index contributed by atoms with van der Waals surface area (Å²) in [5.41, 5.74) is 1.96. The molecule has 2 aliphatic heterocycles. The van der Waals surface area contributed by atoms with Crippen LogP contribution in [-0.4, -0.2) is 61.8 Å². The van der Waals surface area contributed by atoms with Gasteiger partial charge in [-0.25, -0.2) is 4.99 Å². The second-order valence-electron chi connectivity index (χ2n) is 8.67. The van der Waals surface area contributed by atoms with Crippen LogP contribution in [0.2, 0.25) is 0 Å². The summed E-state index contributed by atoms with van der Waals surface area (Å²) in [6.45, 7) is 9.07. The van der Waals surface area contributed by atoms with Crippen LogP contribution < -0.4 is 10.6 Å². The van der Waals surface area contributed by atoms with Crippen molar-refractivity contribution in [2.24, 2.45) is 4.99 Å². The van der Waals surface area contributed by atoms with Crippen molar-refractivity contribution in [1.82, 2.24) is 10.2 Å². The summed E-state index contributed by atoms with van der Waals surface area (Å²) in [5, 5.41) is 6.36. The maximum atomic E-state index is 11.7. The second-order valence-corrected chi connectivity index (χ2v) is 8.67. The number of guanidine groups is 1. The molecule has 2 N–H and O–H groups in total. The lowest BCUT2D eigenvalue weighted by Gasteiger charge is -2.35. The summed E-state index contributed by atoms with van der Waals surface area (Å²) >= 11 is 0. The number of rotatable bonds is 9. The van der Waals surface area contributed by atoms with Crippen molar-refractivity contribution in [1.29, 1.82) is 0 Å². The van der Waals surface area contributed by atoms with Crippen LogP contribution in [0.25, 0.3) is 0 Å². The Kier molecular flexibility index (Phi) is 10.3. The van der Waals surface area contributed by atoms with Crippen LogP contribution in [0.3, 0.4) is 0 Å². The van der Waals surface area contributed by atoms with E-state index >= 15 is 0 Å². The summed E-state index contributed by atoms with van der Waals surface area (Å²) in [7, 11) is 0. The van der Waals surface area contributed by atoms with Gasteiger partial charge in [0.1, 0.15) is 0 Å². The van der Waals surface area contributed by atoms with E-state index in [2.05, 4.69) is 22.5 Å². The highest BCUT2D eigenvalue weighted by molar-refractivity contribution is 5.90. The minimum atomic E-state index is 0.0614. The standard InChI is InChI=1S/C25H40N4O3/c1-3-7-24(30)28-21-11-9-20(10-12-21)18-27-25(26-4-2)29-15-13-22(14-16-29)32-19-23-8-5-6-17-31-23/h9-12,22-23H,3-8,13-19H2,1-2H3,(H,26,27)(H,28,30). The second kappa shape index (κ2) is 13.4. The molecule has 0 radical (unpaired) electrons. The Morgan fingerprint density at radius 1 is 1.16 bits per heavy atom. The number of benzene rings is 1. The highest BCUT2D eigenvalue weighted by atomic mass is 16.5. The number of amides is 1. The molecular formula is C25H40N4O3. The van der Waals surface area contributed by atoms with Crippen LogP contribution >= 0.6 is 0 Å². The third-order valence-electron chi connectivity index (χ3n) is 5.99. The van der Waals surface area contributed by atoms with E-state index in [9.17, 15) is 4.79 Å². The van der Waals surface area contributed by atoms with Gasteiger partial charge in [0.25, 0.3) is 0 Å². The molecule has 1 aromatic rings. The number of piperidine rings is 1. The molecule has 0 bridgehead atoms. The van der Waals surface area contributed by atoms with Crippen LogP contribution in [-0.2, 0) is 20.8 Å². The molecule has 7 heteroatoms. The quantitative estimate of drug-likeness (QED) is 0.446. The van der Waals surface area contributed by atoms with Gasteiger partial charge in [0.2, 0.25) is 5.91 Å². The summed E-state index contributed by atoms with van der Waals surface area (Å²) in [6, 6.07) is 7.96. The fourth-order valence-electron chi connectivity index (χ4n) is 4.15. The first-order valence-electron chi connectivity index (χ1n) is 12.3. The van der Waals surface area contributed by atoms with E-state index in [0.717, 1.165) is 75.7 Å². The number of carbonyl (C=O) groups excluding carboxylic acids is 1. The van der Waals surface area contributed by atoms with Crippen LogP contribution in [0, 0.1) is 0 Å². The number of nitrogens with one attached hydrogen (secondary N) is 2. The molecule has 0 saturated carbocycles. The molecule has 2 heterocycles. The summed E-state index contributed by atoms with van der Waals surface area (Å²) in [6.07, 6.45) is 7.60. The number of nitrogens with zero attached hydrogens (tertiary/aromatic N) is 2. The number of likely N-dealkylation sites (tertiary alicyclic amines) is 1. The van der Waals surface area contributed by atoms with Gasteiger partial charge in [-0.2, -0.15) is 0 Å². The minimum absolute atomic E-state index is 0.0614. The first kappa shape index (κ1) is 24.5. The van der Waals surface area contributed by atoms with Crippen LogP contribution in [0.5, 0.6) is 0 Å². The van der Waals surface area contributed by atoms with Crippen LogP contribution in [0.1, 0.15) is 64.4 Å². The third-order valence-corrected chi connectivity index (χ3v) is 5.99. The SMILES string of the molecule is CCCC(=O)Nc1ccc(CN=C(NCC)N2CCC(OCC3CCCCO3)CC2)cc1. The molecule has 32 heavy (non-hydrogen) atoms. The molecule has 1 aromatic carbocycles. The first-order chi connectivity index (χ1) is 15.7. The van der Waals surface area contributed by atoms with Gasteiger partial charge in [0.05, 0.1) is 25.4 Å². The minimum Gasteiger partial charge on any atom is -0.376 e. The Morgan fingerprint density at radius 2 is 1.94 bits per heavy atom. The predicted octanol–water partition coefficient (Wildman–Crippen LogP) is 3.94. The lowest BCUT2D eigenvalue weighted by Crippen LogP contribution is -2.47. The van der Waals surface area contributed by atoms with Crippen molar-refractivity contribution in [3.63, 3.8) is 0 Å². The monoisotopic (exact) mass is 444 g/mol. The summed E-state index contributed by atoms with van der Waals surface area (Å²) < 4.78 is 11.9. The average Bonchev–Trinajstić information content (AvgIpc) is 2.82. The van der Waals surface area contributed by atoms with E-state index in [1.807, 2.05) is 31.2 Å². The highest BCUT2D eigenvalue weighted by Gasteiger charge is 2.23. The summed E-state index contributed by atoms with van der Waals surface area (Å²) in [4.78, 5) is 18.9. The lowest BCUT2D eigenvalue weighted by molar-refractivity contribution is -0.116. The van der Waals surface area contributed by atoms with Crippen molar-refractivity contribution < 1.29 is 14.3 Å². The Balaban J connectivity index is 1.45. The van der Waals surface area contributed by atoms with E-state index in [4.69, 9.17) is 14.5 Å². The Morgan fingerprint density at radius 3 is 2.59 bits per heavy atom. The van der Waals surface area contributed by atoms with Gasteiger partial charge in [-0.3, -0.25) is 4.79 Å². The van der Waals surface area contributed by atoms with Crippen molar-refractivity contribution in [2.45, 2.75) is 77.5 Å². The Hall–Kier alpha value is -2.12. The topological polar surface area (TPSA) is 75.2 Å². The zero-order valence-electron chi connectivity index (χ0n) is 19.8. The molecule has 7 nitrogen and oxygen atoms in total. The predicted molar refractivity (Wildman–Crippen MR) is 129 cm³/mol. The average molecular weight is 445 g/mol. The van der Waals surface area contributed by atoms with Gasteiger partial charge in [-0.05, 0) is 63.1 Å². The molecule has 2 fully saturated rings. The molecular weight excluding hydrogens is 404 g/mol. The lowest BCUT2D eigenvalue weighted by atomic mass is 10.1. The van der Waals surface area contributed by atoms with Crippen molar-refractivity contribution >= 4 is 17.6 Å². The smallest absolute Gasteiger partial charge is 0.224 e. The Bertz CT molecular complexity index is 708. The fourth-order valence-corrected chi connectivity index (χ4v) is 4.15. The molecule has 0 aromatic heterocycles. The van der Waals surface area contributed by atoms with Gasteiger partial charge in [0.15, 0.2) is 5.96 Å². The molecule has 2 aliphatic rings. The molecule has 3 rings (SSSR count). The fraction of sp³-hybridized carbons (Fsp3) is 0.680. The number of aliphatic imine (C=N–C) groups is 1. The van der Waals surface area contributed by atoms with Crippen LogP contribution in [0.4, 0.5) is 5.69 Å². The number of carbonyl (C=O) groups is 1. The molecule has 1 atom stereocenters. The van der Waals surface area contributed by atoms with Crippen LogP contribution in [0.15, 0.2) is 29.3 Å². The Labute approximate surface area is 192 Å². The molecule has 1 amide bonds. The van der Waals surface area contributed by atoms with Gasteiger partial charge >= 0.3 is 0 Å². The van der Waals surface area contributed by atoms with E-state index in [1.54, 1.807) is 0 Å². The maximum absolute atomic E-state index is 11.7. The largest absolute Gasteiger partial charge is 0.376 e. The first-order valence-corrected chi connectivity index (χ1v) is 12.3. The normalized spacial score (nSPS) is 20.2. The zero-order chi connectivity index (χ0) is 22.6. The third kappa shape index (κ3) is 8.10. The van der Waals surface area contributed by atoms with E-state index in [-0.39, 0.29) is 12.0 Å². The number of ether oxygens (including phenoxy) is 2.